The number of hydrogen-bond acceptors (Lipinski definition) is 6. The van der Waals surface area contributed by atoms with Crippen LogP contribution in [0.3, 0.4) is 0 Å². The van der Waals surface area contributed by atoms with Crippen molar-refractivity contribution in [1.29, 1.82) is 0 Å². The van der Waals surface area contributed by atoms with Gasteiger partial charge in [-0.05, 0) is 30.5 Å². The first-order chi connectivity index (χ1) is 11.2. The third-order valence-electron chi connectivity index (χ3n) is 3.38. The van der Waals surface area contributed by atoms with E-state index in [4.69, 9.17) is 14.3 Å². The Balaban J connectivity index is 1.56. The molecule has 1 aromatic carbocycles. The lowest BCUT2D eigenvalue weighted by atomic mass is 10.1. The van der Waals surface area contributed by atoms with Crippen LogP contribution in [-0.4, -0.2) is 28.3 Å². The Morgan fingerprint density at radius 3 is 2.96 bits per heavy atom. The second-order valence-electron chi connectivity index (χ2n) is 5.30. The maximum Gasteiger partial charge on any atom is 0.243 e. The van der Waals surface area contributed by atoms with Gasteiger partial charge in [0.1, 0.15) is 0 Å². The SMILES string of the molecule is O=C(CCCCCCN1OSC(Cc2cccc(Br)c2)O1)NO. The topological polar surface area (TPSA) is 71.0 Å². The summed E-state index contributed by atoms with van der Waals surface area (Å²) in [5.74, 6) is -0.331. The molecule has 0 aromatic heterocycles. The van der Waals surface area contributed by atoms with Crippen LogP contribution >= 0.6 is 28.0 Å². The maximum atomic E-state index is 10.8. The van der Waals surface area contributed by atoms with Crippen LogP contribution in [0.2, 0.25) is 0 Å². The van der Waals surface area contributed by atoms with Gasteiger partial charge < -0.3 is 0 Å². The smallest absolute Gasteiger partial charge is 0.243 e. The quantitative estimate of drug-likeness (QED) is 0.283. The number of benzene rings is 1. The van der Waals surface area contributed by atoms with Crippen molar-refractivity contribution in [2.45, 2.75) is 44.0 Å². The third-order valence-corrected chi connectivity index (χ3v) is 4.59. The second-order valence-corrected chi connectivity index (χ2v) is 7.08. The van der Waals surface area contributed by atoms with Crippen LogP contribution in [0.25, 0.3) is 0 Å². The van der Waals surface area contributed by atoms with Crippen LogP contribution in [0, 0.1) is 0 Å². The van der Waals surface area contributed by atoms with E-state index in [1.165, 1.54) is 22.8 Å². The van der Waals surface area contributed by atoms with Crippen molar-refractivity contribution in [1.82, 2.24) is 10.7 Å². The van der Waals surface area contributed by atoms with Crippen LogP contribution in [0.15, 0.2) is 28.7 Å². The predicted octanol–water partition coefficient (Wildman–Crippen LogP) is 3.60. The fourth-order valence-electron chi connectivity index (χ4n) is 2.22. The van der Waals surface area contributed by atoms with E-state index < -0.39 is 0 Å². The molecule has 1 aromatic rings. The number of halogens is 1. The summed E-state index contributed by atoms with van der Waals surface area (Å²) in [6, 6.07) is 8.16. The first-order valence-corrected chi connectivity index (χ1v) is 9.22. The fraction of sp³-hybridized carbons (Fsp3) is 0.533. The highest BCUT2D eigenvalue weighted by molar-refractivity contribution is 9.10. The third kappa shape index (κ3) is 7.19. The lowest BCUT2D eigenvalue weighted by Crippen LogP contribution is -2.20. The molecule has 0 aliphatic carbocycles. The summed E-state index contributed by atoms with van der Waals surface area (Å²) in [5.41, 5.74) is 2.80. The number of hydroxylamine groups is 3. The van der Waals surface area contributed by atoms with E-state index in [0.717, 1.165) is 36.6 Å². The highest BCUT2D eigenvalue weighted by Gasteiger charge is 2.26. The fourth-order valence-corrected chi connectivity index (χ4v) is 3.36. The van der Waals surface area contributed by atoms with E-state index >= 15 is 0 Å². The van der Waals surface area contributed by atoms with Crippen LogP contribution in [-0.2, 0) is 20.3 Å². The summed E-state index contributed by atoms with van der Waals surface area (Å²) in [6.07, 6.45) is 4.78. The molecule has 8 heteroatoms. The van der Waals surface area contributed by atoms with Gasteiger partial charge in [-0.15, -0.1) is 0 Å². The number of rotatable bonds is 9. The molecule has 2 rings (SSSR count). The van der Waals surface area contributed by atoms with Crippen LogP contribution in [0.5, 0.6) is 0 Å². The van der Waals surface area contributed by atoms with Crippen LogP contribution in [0.4, 0.5) is 0 Å². The molecular weight excluding hydrogens is 384 g/mol. The minimum atomic E-state index is -0.331. The molecule has 1 aliphatic heterocycles. The highest BCUT2D eigenvalue weighted by atomic mass is 79.9. The summed E-state index contributed by atoms with van der Waals surface area (Å²) < 4.78 is 6.51. The van der Waals surface area contributed by atoms with Crippen molar-refractivity contribution in [2.24, 2.45) is 0 Å². The van der Waals surface area contributed by atoms with Crippen molar-refractivity contribution < 1.29 is 19.1 Å². The van der Waals surface area contributed by atoms with E-state index in [0.29, 0.717) is 13.0 Å². The Morgan fingerprint density at radius 2 is 2.17 bits per heavy atom. The molecule has 23 heavy (non-hydrogen) atoms. The Labute approximate surface area is 148 Å². The van der Waals surface area contributed by atoms with Gasteiger partial charge >= 0.3 is 0 Å². The summed E-state index contributed by atoms with van der Waals surface area (Å²) in [4.78, 5) is 16.6. The summed E-state index contributed by atoms with van der Waals surface area (Å²) in [5, 5.41) is 9.92. The Kier molecular flexibility index (Phi) is 8.35. The van der Waals surface area contributed by atoms with Gasteiger partial charge in [-0.2, -0.15) is 0 Å². The summed E-state index contributed by atoms with van der Waals surface area (Å²) in [6.45, 7) is 0.703. The molecule has 1 fully saturated rings. The van der Waals surface area contributed by atoms with Gasteiger partial charge in [0.15, 0.2) is 5.44 Å². The molecule has 0 radical (unpaired) electrons. The molecule has 0 saturated carbocycles. The zero-order chi connectivity index (χ0) is 16.5. The van der Waals surface area contributed by atoms with Crippen molar-refractivity contribution in [2.75, 3.05) is 6.54 Å². The second kappa shape index (κ2) is 10.3. The van der Waals surface area contributed by atoms with E-state index in [9.17, 15) is 4.79 Å². The first kappa shape index (κ1) is 18.7. The average Bonchev–Trinajstić information content (AvgIpc) is 2.97. The molecule has 1 amide bonds. The molecule has 1 aliphatic rings. The van der Waals surface area contributed by atoms with E-state index in [2.05, 4.69) is 28.1 Å². The van der Waals surface area contributed by atoms with Gasteiger partial charge in [-0.1, -0.05) is 46.1 Å². The molecule has 128 valence electrons. The molecule has 1 atom stereocenters. The van der Waals surface area contributed by atoms with Crippen LogP contribution < -0.4 is 5.48 Å². The molecule has 1 saturated heterocycles. The lowest BCUT2D eigenvalue weighted by Gasteiger charge is -2.12. The molecule has 2 N–H and O–H groups in total. The Hall–Kier alpha value is -0.640. The highest BCUT2D eigenvalue weighted by Crippen LogP contribution is 2.29. The summed E-state index contributed by atoms with van der Waals surface area (Å²) in [7, 11) is 0. The molecule has 1 unspecified atom stereocenters. The Morgan fingerprint density at radius 1 is 1.35 bits per heavy atom. The monoisotopic (exact) mass is 404 g/mol. The van der Waals surface area contributed by atoms with Gasteiger partial charge in [0.05, 0.1) is 18.6 Å². The van der Waals surface area contributed by atoms with Gasteiger partial charge in [0.2, 0.25) is 5.91 Å². The van der Waals surface area contributed by atoms with Gasteiger partial charge in [0, 0.05) is 17.3 Å². The standard InChI is InChI=1S/C15H21BrN2O4S/c16-13-7-5-6-12(10-13)11-15-21-18(22-23-15)9-4-2-1-3-8-14(19)17-20/h5-7,10,15,20H,1-4,8-9,11H2,(H,17,19). The molecule has 1 heterocycles. The van der Waals surface area contributed by atoms with Gasteiger partial charge in [0.25, 0.3) is 0 Å². The van der Waals surface area contributed by atoms with Crippen molar-refractivity contribution in [3.05, 3.63) is 34.3 Å². The molecule has 6 nitrogen and oxygen atoms in total. The van der Waals surface area contributed by atoms with E-state index in [1.807, 2.05) is 12.1 Å². The zero-order valence-electron chi connectivity index (χ0n) is 12.7. The van der Waals surface area contributed by atoms with Crippen molar-refractivity contribution in [3.63, 3.8) is 0 Å². The summed E-state index contributed by atoms with van der Waals surface area (Å²) >= 11 is 4.80. The predicted molar refractivity (Wildman–Crippen MR) is 91.1 cm³/mol. The molecule has 0 bridgehead atoms. The maximum absolute atomic E-state index is 10.8. The zero-order valence-corrected chi connectivity index (χ0v) is 15.1. The normalized spacial score (nSPS) is 18.3. The van der Waals surface area contributed by atoms with Gasteiger partial charge in [-0.25, -0.2) is 9.76 Å². The number of nitrogens with one attached hydrogen (secondary N) is 1. The molecule has 0 spiro atoms. The van der Waals surface area contributed by atoms with E-state index in [1.54, 1.807) is 5.48 Å². The number of hydrogen-bond donors (Lipinski definition) is 2. The number of nitrogens with zero attached hydrogens (tertiary/aromatic N) is 1. The van der Waals surface area contributed by atoms with Crippen molar-refractivity contribution in [3.8, 4) is 0 Å². The Bertz CT molecular complexity index is 506. The largest absolute Gasteiger partial charge is 0.289 e. The van der Waals surface area contributed by atoms with Gasteiger partial charge in [-0.3, -0.25) is 14.8 Å². The number of amides is 1. The minimum Gasteiger partial charge on any atom is -0.289 e. The average molecular weight is 405 g/mol. The van der Waals surface area contributed by atoms with Crippen molar-refractivity contribution >= 4 is 33.9 Å². The van der Waals surface area contributed by atoms with Crippen LogP contribution in [0.1, 0.15) is 37.7 Å². The number of unbranched alkanes of at least 4 members (excludes halogenated alkanes) is 3. The first-order valence-electron chi connectivity index (χ1n) is 7.62. The lowest BCUT2D eigenvalue weighted by molar-refractivity contribution is -0.291. The number of carbonyl (C=O) groups excluding carboxylic acids is 1. The minimum absolute atomic E-state index is 0.0300. The van der Waals surface area contributed by atoms with E-state index in [-0.39, 0.29) is 11.3 Å². The number of carbonyl (C=O) groups is 1. The molecular formula is C15H21BrN2O4S.